The van der Waals surface area contributed by atoms with Crippen LogP contribution in [0.25, 0.3) is 0 Å². The Balaban J connectivity index is 2.04. The highest BCUT2D eigenvalue weighted by Crippen LogP contribution is 2.45. The molecule has 1 aliphatic rings. The Morgan fingerprint density at radius 2 is 2.10 bits per heavy atom. The summed E-state index contributed by atoms with van der Waals surface area (Å²) in [5.41, 5.74) is 3.73. The molecule has 2 rings (SSSR count). The molecular weight excluding hydrogens is 264 g/mol. The highest BCUT2D eigenvalue weighted by molar-refractivity contribution is 5.73. The number of carboxylic acids is 1. The van der Waals surface area contributed by atoms with Gasteiger partial charge in [-0.1, -0.05) is 19.9 Å². The molecule has 21 heavy (non-hydrogen) atoms. The zero-order valence-electron chi connectivity index (χ0n) is 13.5. The summed E-state index contributed by atoms with van der Waals surface area (Å²) >= 11 is 0. The number of aliphatic carboxylic acids is 1. The number of aryl methyl sites for hydroxylation is 2. The fraction of sp³-hybridized carbons (Fsp3) is 0.611. The van der Waals surface area contributed by atoms with Gasteiger partial charge in [-0.05, 0) is 67.7 Å². The number of carboxylic acid groups (broad SMARTS) is 1. The van der Waals surface area contributed by atoms with E-state index >= 15 is 0 Å². The lowest BCUT2D eigenvalue weighted by Crippen LogP contribution is -2.09. The van der Waals surface area contributed by atoms with Gasteiger partial charge in [-0.15, -0.1) is 0 Å². The van der Waals surface area contributed by atoms with Gasteiger partial charge >= 0.3 is 5.97 Å². The van der Waals surface area contributed by atoms with Gasteiger partial charge in [0.25, 0.3) is 0 Å². The largest absolute Gasteiger partial charge is 0.493 e. The second-order valence-corrected chi connectivity index (χ2v) is 6.42. The lowest BCUT2D eigenvalue weighted by molar-refractivity contribution is -0.139. The van der Waals surface area contributed by atoms with Gasteiger partial charge in [-0.25, -0.2) is 0 Å². The molecule has 0 heterocycles. The van der Waals surface area contributed by atoms with Crippen LogP contribution in [0.15, 0.2) is 12.1 Å². The molecule has 0 radical (unpaired) electrons. The first-order valence-electron chi connectivity index (χ1n) is 7.89. The molecule has 3 heteroatoms. The topological polar surface area (TPSA) is 46.5 Å². The number of hydrogen-bond donors (Lipinski definition) is 1. The maximum Gasteiger partial charge on any atom is 0.306 e. The van der Waals surface area contributed by atoms with Crippen molar-refractivity contribution in [3.8, 4) is 5.75 Å². The van der Waals surface area contributed by atoms with Gasteiger partial charge in [0.05, 0.1) is 12.5 Å². The monoisotopic (exact) mass is 290 g/mol. The van der Waals surface area contributed by atoms with Gasteiger partial charge in [0, 0.05) is 0 Å². The Morgan fingerprint density at radius 3 is 2.67 bits per heavy atom. The van der Waals surface area contributed by atoms with E-state index in [1.165, 1.54) is 16.7 Å². The molecule has 1 saturated carbocycles. The molecule has 3 unspecified atom stereocenters. The highest BCUT2D eigenvalue weighted by Gasteiger charge is 2.46. The molecule has 116 valence electrons. The maximum absolute atomic E-state index is 11.0. The summed E-state index contributed by atoms with van der Waals surface area (Å²) in [6, 6.07) is 4.32. The zero-order valence-corrected chi connectivity index (χ0v) is 13.5. The Hall–Kier alpha value is -1.51. The summed E-state index contributed by atoms with van der Waals surface area (Å²) in [6.07, 6.45) is 2.80. The van der Waals surface area contributed by atoms with E-state index in [-0.39, 0.29) is 5.92 Å². The number of carbonyl (C=O) groups is 1. The number of hydrogen-bond acceptors (Lipinski definition) is 2. The van der Waals surface area contributed by atoms with Crippen LogP contribution in [0.4, 0.5) is 0 Å². The summed E-state index contributed by atoms with van der Waals surface area (Å²) < 4.78 is 5.76. The van der Waals surface area contributed by atoms with Crippen molar-refractivity contribution in [3.63, 3.8) is 0 Å². The van der Waals surface area contributed by atoms with E-state index < -0.39 is 5.97 Å². The molecule has 0 bridgehead atoms. The van der Waals surface area contributed by atoms with E-state index in [9.17, 15) is 4.79 Å². The van der Waals surface area contributed by atoms with Crippen molar-refractivity contribution in [1.29, 1.82) is 0 Å². The van der Waals surface area contributed by atoms with Crippen LogP contribution >= 0.6 is 0 Å². The second kappa shape index (κ2) is 6.50. The Kier molecular flexibility index (Phi) is 4.92. The average molecular weight is 290 g/mol. The Morgan fingerprint density at radius 1 is 1.38 bits per heavy atom. The molecule has 1 fully saturated rings. The van der Waals surface area contributed by atoms with Crippen LogP contribution in [0.5, 0.6) is 5.75 Å². The minimum Gasteiger partial charge on any atom is -0.493 e. The number of ether oxygens (including phenoxy) is 1. The third kappa shape index (κ3) is 3.78. The third-order valence-corrected chi connectivity index (χ3v) is 4.52. The van der Waals surface area contributed by atoms with E-state index in [0.29, 0.717) is 11.8 Å². The first kappa shape index (κ1) is 15.9. The van der Waals surface area contributed by atoms with Crippen molar-refractivity contribution in [2.45, 2.75) is 47.0 Å². The molecule has 0 aromatic heterocycles. The van der Waals surface area contributed by atoms with Crippen molar-refractivity contribution in [1.82, 2.24) is 0 Å². The van der Waals surface area contributed by atoms with E-state index in [1.54, 1.807) is 0 Å². The Bertz CT molecular complexity index is 521. The summed E-state index contributed by atoms with van der Waals surface area (Å²) in [4.78, 5) is 11.0. The second-order valence-electron chi connectivity index (χ2n) is 6.42. The molecule has 0 amide bonds. The van der Waals surface area contributed by atoms with Gasteiger partial charge in [0.2, 0.25) is 0 Å². The van der Waals surface area contributed by atoms with E-state index in [0.717, 1.165) is 31.6 Å². The van der Waals surface area contributed by atoms with Gasteiger partial charge in [-0.3, -0.25) is 4.79 Å². The normalized spacial score (nSPS) is 21.9. The molecule has 1 aromatic carbocycles. The summed E-state index contributed by atoms with van der Waals surface area (Å²) in [7, 11) is 0. The minimum absolute atomic E-state index is 0.117. The van der Waals surface area contributed by atoms with Crippen molar-refractivity contribution >= 4 is 5.97 Å². The first-order valence-corrected chi connectivity index (χ1v) is 7.89. The van der Waals surface area contributed by atoms with Gasteiger partial charge in [0.1, 0.15) is 5.75 Å². The smallest absolute Gasteiger partial charge is 0.306 e. The van der Waals surface area contributed by atoms with E-state index in [4.69, 9.17) is 9.84 Å². The number of rotatable bonds is 7. The Labute approximate surface area is 127 Å². The SMILES string of the molecule is CCCOc1cc(C)c(CC(C)C2CC2C(=O)O)cc1C. The molecule has 0 saturated heterocycles. The first-order chi connectivity index (χ1) is 9.93. The van der Waals surface area contributed by atoms with Crippen molar-refractivity contribution in [2.24, 2.45) is 17.8 Å². The van der Waals surface area contributed by atoms with Crippen LogP contribution in [-0.2, 0) is 11.2 Å². The fourth-order valence-electron chi connectivity index (χ4n) is 3.06. The van der Waals surface area contributed by atoms with Gasteiger partial charge in [0.15, 0.2) is 0 Å². The molecule has 0 aliphatic heterocycles. The molecule has 1 aliphatic carbocycles. The molecule has 3 atom stereocenters. The number of benzene rings is 1. The standard InChI is InChI=1S/C18H26O3/c1-5-6-21-17-9-11(2)14(8-13(17)4)7-12(3)15-10-16(15)18(19)20/h8-9,12,15-16H,5-7,10H2,1-4H3,(H,19,20). The predicted molar refractivity (Wildman–Crippen MR) is 83.8 cm³/mol. The zero-order chi connectivity index (χ0) is 15.6. The molecule has 3 nitrogen and oxygen atoms in total. The van der Waals surface area contributed by atoms with E-state index in [1.807, 2.05) is 0 Å². The molecular formula is C18H26O3. The van der Waals surface area contributed by atoms with Crippen LogP contribution in [-0.4, -0.2) is 17.7 Å². The fourth-order valence-corrected chi connectivity index (χ4v) is 3.06. The summed E-state index contributed by atoms with van der Waals surface area (Å²) in [5.74, 6) is 0.988. The predicted octanol–water partition coefficient (Wildman–Crippen LogP) is 3.99. The molecule has 1 N–H and O–H groups in total. The average Bonchev–Trinajstić information content (AvgIpc) is 3.21. The van der Waals surface area contributed by atoms with Crippen LogP contribution in [0.1, 0.15) is 43.4 Å². The summed E-state index contributed by atoms with van der Waals surface area (Å²) in [6.45, 7) is 9.21. The lowest BCUT2D eigenvalue weighted by Gasteiger charge is -2.16. The molecule has 1 aromatic rings. The maximum atomic E-state index is 11.0. The van der Waals surface area contributed by atoms with Crippen molar-refractivity contribution < 1.29 is 14.6 Å². The van der Waals surface area contributed by atoms with Crippen LogP contribution in [0, 0.1) is 31.6 Å². The van der Waals surface area contributed by atoms with Crippen molar-refractivity contribution in [3.05, 3.63) is 28.8 Å². The van der Waals surface area contributed by atoms with Gasteiger partial charge in [-0.2, -0.15) is 0 Å². The van der Waals surface area contributed by atoms with Crippen LogP contribution in [0.3, 0.4) is 0 Å². The van der Waals surface area contributed by atoms with Crippen molar-refractivity contribution in [2.75, 3.05) is 6.61 Å². The van der Waals surface area contributed by atoms with Gasteiger partial charge < -0.3 is 9.84 Å². The van der Waals surface area contributed by atoms with Crippen LogP contribution in [0.2, 0.25) is 0 Å². The molecule has 0 spiro atoms. The quantitative estimate of drug-likeness (QED) is 0.826. The van der Waals surface area contributed by atoms with E-state index in [2.05, 4.69) is 39.8 Å². The minimum atomic E-state index is -0.636. The van der Waals surface area contributed by atoms with Crippen LogP contribution < -0.4 is 4.74 Å². The summed E-state index contributed by atoms with van der Waals surface area (Å²) in [5, 5.41) is 9.04. The lowest BCUT2D eigenvalue weighted by atomic mass is 9.92. The highest BCUT2D eigenvalue weighted by atomic mass is 16.5. The third-order valence-electron chi connectivity index (χ3n) is 4.52.